The lowest BCUT2D eigenvalue weighted by molar-refractivity contribution is -0.141. The standard InChI is InChI=1S/C23H32N8O6/c1-23(2,3)37-21(33)24-13-19-25-28-30(26-19)11-12-35-27-20(32)18-10-9-17-14-29(18)22(34)31(17)36-15-16-7-5-4-6-8-16/h4-8,17-18H,9-15H2,1-3H3,(H,24,33)(H,27,32)/t17-,18+/m1/s1. The molecule has 2 N–H and O–H groups in total. The fourth-order valence-corrected chi connectivity index (χ4v) is 4.01. The van der Waals surface area contributed by atoms with Crippen LogP contribution in [0.2, 0.25) is 0 Å². The topological polar surface area (TPSA) is 153 Å². The van der Waals surface area contributed by atoms with E-state index in [1.165, 1.54) is 14.8 Å². The Balaban J connectivity index is 1.16. The summed E-state index contributed by atoms with van der Waals surface area (Å²) in [4.78, 5) is 51.1. The molecule has 1 aromatic heterocycles. The third-order valence-electron chi connectivity index (χ3n) is 5.69. The number of rotatable bonds is 10. The Bertz CT molecular complexity index is 1090. The number of hydroxylamine groups is 3. The highest BCUT2D eigenvalue weighted by Crippen LogP contribution is 2.30. The van der Waals surface area contributed by atoms with E-state index in [9.17, 15) is 14.4 Å². The fraction of sp³-hybridized carbons (Fsp3) is 0.565. The summed E-state index contributed by atoms with van der Waals surface area (Å²) >= 11 is 0. The monoisotopic (exact) mass is 516 g/mol. The number of amides is 4. The highest BCUT2D eigenvalue weighted by atomic mass is 16.7. The SMILES string of the molecule is CC(C)(C)OC(=O)NCc1nnn(CCONC(=O)[C@@H]2CC[C@@H]3CN2C(=O)N3OCc2ccccc2)n1. The molecule has 3 heterocycles. The second-order valence-electron chi connectivity index (χ2n) is 9.74. The van der Waals surface area contributed by atoms with Gasteiger partial charge in [-0.3, -0.25) is 14.5 Å². The smallest absolute Gasteiger partial charge is 0.408 e. The summed E-state index contributed by atoms with van der Waals surface area (Å²) in [6.07, 6.45) is 0.583. The molecule has 2 aliphatic rings. The number of hydrogen-bond donors (Lipinski definition) is 2. The summed E-state index contributed by atoms with van der Waals surface area (Å²) in [7, 11) is 0. The molecular formula is C23H32N8O6. The lowest BCUT2D eigenvalue weighted by Crippen LogP contribution is -2.49. The minimum atomic E-state index is -0.635. The molecular weight excluding hydrogens is 484 g/mol. The van der Waals surface area contributed by atoms with Crippen LogP contribution in [0.15, 0.2) is 30.3 Å². The van der Waals surface area contributed by atoms with Crippen LogP contribution in [-0.4, -0.2) is 79.0 Å². The molecule has 14 heteroatoms. The molecule has 0 unspecified atom stereocenters. The Morgan fingerprint density at radius 1 is 1.16 bits per heavy atom. The Hall–Kier alpha value is -3.78. The van der Waals surface area contributed by atoms with E-state index < -0.39 is 23.6 Å². The van der Waals surface area contributed by atoms with Crippen molar-refractivity contribution in [3.63, 3.8) is 0 Å². The van der Waals surface area contributed by atoms with Crippen molar-refractivity contribution in [1.82, 2.24) is 41.0 Å². The number of aromatic nitrogens is 4. The molecule has 14 nitrogen and oxygen atoms in total. The first-order chi connectivity index (χ1) is 17.7. The summed E-state index contributed by atoms with van der Waals surface area (Å²) in [5, 5.41) is 15.8. The summed E-state index contributed by atoms with van der Waals surface area (Å²) in [5.74, 6) is -0.0938. The summed E-state index contributed by atoms with van der Waals surface area (Å²) in [5.41, 5.74) is 2.77. The average molecular weight is 517 g/mol. The third kappa shape index (κ3) is 7.13. The minimum Gasteiger partial charge on any atom is -0.444 e. The van der Waals surface area contributed by atoms with Gasteiger partial charge in [0.1, 0.15) is 18.2 Å². The van der Waals surface area contributed by atoms with Gasteiger partial charge in [0.25, 0.3) is 5.91 Å². The van der Waals surface area contributed by atoms with Gasteiger partial charge in [0, 0.05) is 6.54 Å². The molecule has 4 amide bonds. The molecule has 0 saturated carbocycles. The quantitative estimate of drug-likeness (QED) is 0.350. The molecule has 0 radical (unpaired) electrons. The molecule has 2 aromatic rings. The highest BCUT2D eigenvalue weighted by Gasteiger charge is 2.48. The van der Waals surface area contributed by atoms with Crippen molar-refractivity contribution in [1.29, 1.82) is 0 Å². The lowest BCUT2D eigenvalue weighted by atomic mass is 10.0. The Labute approximate surface area is 214 Å². The Morgan fingerprint density at radius 2 is 1.95 bits per heavy atom. The second-order valence-corrected chi connectivity index (χ2v) is 9.74. The normalized spacial score (nSPS) is 19.2. The van der Waals surface area contributed by atoms with Crippen LogP contribution in [0, 0.1) is 0 Å². The number of ether oxygens (including phenoxy) is 1. The average Bonchev–Trinajstić information content (AvgIpc) is 3.41. The molecule has 37 heavy (non-hydrogen) atoms. The van der Waals surface area contributed by atoms with Gasteiger partial charge >= 0.3 is 12.1 Å². The number of alkyl carbamates (subject to hydrolysis) is 1. The van der Waals surface area contributed by atoms with Crippen LogP contribution >= 0.6 is 0 Å². The number of urea groups is 1. The van der Waals surface area contributed by atoms with Crippen LogP contribution in [0.4, 0.5) is 9.59 Å². The molecule has 2 saturated heterocycles. The van der Waals surface area contributed by atoms with Gasteiger partial charge in [0.2, 0.25) is 0 Å². The van der Waals surface area contributed by atoms with Crippen molar-refractivity contribution in [3.8, 4) is 0 Å². The zero-order valence-corrected chi connectivity index (χ0v) is 21.1. The maximum absolute atomic E-state index is 12.8. The number of carbonyl (C=O) groups is 3. The number of piperidine rings is 1. The summed E-state index contributed by atoms with van der Waals surface area (Å²) < 4.78 is 5.15. The predicted octanol–water partition coefficient (Wildman–Crippen LogP) is 1.15. The Morgan fingerprint density at radius 3 is 2.70 bits per heavy atom. The fourth-order valence-electron chi connectivity index (χ4n) is 4.01. The molecule has 2 fully saturated rings. The number of nitrogens with zero attached hydrogens (tertiary/aromatic N) is 6. The van der Waals surface area contributed by atoms with Crippen LogP contribution in [0.3, 0.4) is 0 Å². The van der Waals surface area contributed by atoms with E-state index in [2.05, 4.69) is 26.2 Å². The lowest BCUT2D eigenvalue weighted by Gasteiger charge is -2.28. The van der Waals surface area contributed by atoms with Gasteiger partial charge in [0.15, 0.2) is 5.82 Å². The van der Waals surface area contributed by atoms with Gasteiger partial charge in [0.05, 0.1) is 25.7 Å². The molecule has 2 aliphatic heterocycles. The van der Waals surface area contributed by atoms with E-state index in [4.69, 9.17) is 14.4 Å². The van der Waals surface area contributed by atoms with Crippen LogP contribution in [-0.2, 0) is 38.9 Å². The summed E-state index contributed by atoms with van der Waals surface area (Å²) in [6, 6.07) is 8.55. The van der Waals surface area contributed by atoms with Gasteiger partial charge < -0.3 is 15.0 Å². The number of carbonyl (C=O) groups excluding carboxylic acids is 3. The maximum Gasteiger partial charge on any atom is 0.408 e. The maximum atomic E-state index is 12.8. The zero-order chi connectivity index (χ0) is 26.4. The van der Waals surface area contributed by atoms with Crippen LogP contribution < -0.4 is 10.8 Å². The van der Waals surface area contributed by atoms with Crippen molar-refractivity contribution < 1.29 is 28.8 Å². The van der Waals surface area contributed by atoms with Gasteiger partial charge in [-0.25, -0.2) is 15.1 Å². The van der Waals surface area contributed by atoms with Crippen molar-refractivity contribution in [2.24, 2.45) is 0 Å². The van der Waals surface area contributed by atoms with Crippen molar-refractivity contribution in [2.75, 3.05) is 13.2 Å². The van der Waals surface area contributed by atoms with Gasteiger partial charge in [-0.1, -0.05) is 30.3 Å². The van der Waals surface area contributed by atoms with Gasteiger partial charge in [-0.15, -0.1) is 10.2 Å². The van der Waals surface area contributed by atoms with E-state index >= 15 is 0 Å². The Kier molecular flexibility index (Phi) is 8.18. The zero-order valence-electron chi connectivity index (χ0n) is 21.1. The highest BCUT2D eigenvalue weighted by molar-refractivity contribution is 5.88. The first-order valence-electron chi connectivity index (χ1n) is 12.1. The minimum absolute atomic E-state index is 0.0606. The van der Waals surface area contributed by atoms with Crippen molar-refractivity contribution >= 4 is 18.0 Å². The number of hydrogen-bond acceptors (Lipinski definition) is 9. The van der Waals surface area contributed by atoms with E-state index in [0.29, 0.717) is 25.2 Å². The molecule has 0 aliphatic carbocycles. The summed E-state index contributed by atoms with van der Waals surface area (Å²) in [6.45, 7) is 6.37. The van der Waals surface area contributed by atoms with Crippen LogP contribution in [0.5, 0.6) is 0 Å². The number of fused-ring (bicyclic) bond motifs is 2. The third-order valence-corrected chi connectivity index (χ3v) is 5.69. The van der Waals surface area contributed by atoms with Crippen LogP contribution in [0.1, 0.15) is 45.0 Å². The van der Waals surface area contributed by atoms with E-state index in [0.717, 1.165) is 5.56 Å². The molecule has 4 rings (SSSR count). The first kappa shape index (κ1) is 26.3. The largest absolute Gasteiger partial charge is 0.444 e. The number of benzene rings is 1. The number of tetrazole rings is 1. The molecule has 200 valence electrons. The molecule has 2 atom stereocenters. The van der Waals surface area contributed by atoms with Crippen LogP contribution in [0.25, 0.3) is 0 Å². The van der Waals surface area contributed by atoms with E-state index in [1.807, 2.05) is 30.3 Å². The molecule has 2 bridgehead atoms. The second kappa shape index (κ2) is 11.5. The molecule has 0 spiro atoms. The van der Waals surface area contributed by atoms with Crippen molar-refractivity contribution in [3.05, 3.63) is 41.7 Å². The first-order valence-corrected chi connectivity index (χ1v) is 12.1. The predicted molar refractivity (Wildman–Crippen MR) is 127 cm³/mol. The molecule has 1 aromatic carbocycles. The van der Waals surface area contributed by atoms with Gasteiger partial charge in [-0.2, -0.15) is 9.86 Å². The van der Waals surface area contributed by atoms with Crippen molar-refractivity contribution in [2.45, 2.75) is 71.0 Å². The number of nitrogens with one attached hydrogen (secondary N) is 2. The van der Waals surface area contributed by atoms with E-state index in [1.54, 1.807) is 20.8 Å². The van der Waals surface area contributed by atoms with Gasteiger partial charge in [-0.05, 0) is 44.4 Å². The van der Waals surface area contributed by atoms with E-state index in [-0.39, 0.29) is 38.4 Å².